The van der Waals surface area contributed by atoms with E-state index in [1.165, 1.54) is 0 Å². The molecule has 0 bridgehead atoms. The lowest BCUT2D eigenvalue weighted by molar-refractivity contribution is 0.430. The average Bonchev–Trinajstić information content (AvgIpc) is 2.25. The predicted molar refractivity (Wildman–Crippen MR) is 62.9 cm³/mol. The predicted octanol–water partition coefficient (Wildman–Crippen LogP) is 1.89. The third-order valence-corrected chi connectivity index (χ3v) is 3.02. The number of rotatable bonds is 1. The Balaban J connectivity index is 2.41. The summed E-state index contributed by atoms with van der Waals surface area (Å²) in [7, 11) is 0. The minimum Gasteiger partial charge on any atom is -0.399 e. The highest BCUT2D eigenvalue weighted by Crippen LogP contribution is 2.32. The van der Waals surface area contributed by atoms with Crippen molar-refractivity contribution >= 4 is 0 Å². The Morgan fingerprint density at radius 2 is 1.87 bits per heavy atom. The molecule has 2 atom stereocenters. The molecule has 1 aromatic rings. The quantitative estimate of drug-likeness (QED) is 0.727. The summed E-state index contributed by atoms with van der Waals surface area (Å²) in [6.07, 6.45) is 5.88. The molecule has 78 valence electrons. The zero-order chi connectivity index (χ0) is 10.9. The highest BCUT2D eigenvalue weighted by molar-refractivity contribution is 5.37. The van der Waals surface area contributed by atoms with Gasteiger partial charge in [0.15, 0.2) is 0 Å². The Morgan fingerprint density at radius 1 is 1.20 bits per heavy atom. The van der Waals surface area contributed by atoms with E-state index in [4.69, 9.17) is 11.5 Å². The first-order valence-corrected chi connectivity index (χ1v) is 5.14. The van der Waals surface area contributed by atoms with Crippen molar-refractivity contribution in [2.45, 2.75) is 12.5 Å². The molecule has 0 amide bonds. The number of nitrogens with two attached hydrogens (primary N) is 2. The third-order valence-electron chi connectivity index (χ3n) is 3.02. The molecule has 1 aliphatic carbocycles. The first-order chi connectivity index (χ1) is 7.13. The van der Waals surface area contributed by atoms with Gasteiger partial charge in [0.2, 0.25) is 0 Å². The van der Waals surface area contributed by atoms with Crippen molar-refractivity contribution in [2.75, 3.05) is 0 Å². The minimum absolute atomic E-state index is 0.213. The Labute approximate surface area is 90.3 Å². The third kappa shape index (κ3) is 1.68. The van der Waals surface area contributed by atoms with Crippen molar-refractivity contribution in [3.63, 3.8) is 0 Å². The van der Waals surface area contributed by atoms with Crippen LogP contribution in [0.5, 0.6) is 0 Å². The second-order valence-corrected chi connectivity index (χ2v) is 4.09. The molecule has 0 radical (unpaired) electrons. The molecular formula is C13H16N2. The monoisotopic (exact) mass is 200 g/mol. The maximum Gasteiger partial charge on any atom is 0.0660 e. The summed E-state index contributed by atoms with van der Waals surface area (Å²) in [6.45, 7) is 2.09. The summed E-state index contributed by atoms with van der Waals surface area (Å²) in [4.78, 5) is 0. The molecule has 1 aromatic carbocycles. The molecule has 0 saturated carbocycles. The van der Waals surface area contributed by atoms with Crippen molar-refractivity contribution in [3.05, 3.63) is 59.8 Å². The largest absolute Gasteiger partial charge is 0.399 e. The zero-order valence-electron chi connectivity index (χ0n) is 8.85. The van der Waals surface area contributed by atoms with Crippen LogP contribution in [-0.2, 0) is 5.54 Å². The topological polar surface area (TPSA) is 52.0 Å². The van der Waals surface area contributed by atoms with E-state index >= 15 is 0 Å². The van der Waals surface area contributed by atoms with Crippen molar-refractivity contribution in [1.82, 2.24) is 0 Å². The van der Waals surface area contributed by atoms with Gasteiger partial charge >= 0.3 is 0 Å². The zero-order valence-corrected chi connectivity index (χ0v) is 8.85. The molecule has 1 aliphatic rings. The van der Waals surface area contributed by atoms with E-state index in [1.807, 2.05) is 36.4 Å². The van der Waals surface area contributed by atoms with Gasteiger partial charge in [-0.1, -0.05) is 49.4 Å². The SMILES string of the molecule is CC1C=C(N)C=CC1(N)c1ccccc1. The van der Waals surface area contributed by atoms with Crippen LogP contribution in [0.4, 0.5) is 0 Å². The van der Waals surface area contributed by atoms with E-state index in [2.05, 4.69) is 19.1 Å². The Bertz CT molecular complexity index is 406. The highest BCUT2D eigenvalue weighted by atomic mass is 14.8. The molecule has 15 heavy (non-hydrogen) atoms. The minimum atomic E-state index is -0.426. The van der Waals surface area contributed by atoms with Crippen LogP contribution in [0, 0.1) is 5.92 Å². The fourth-order valence-electron chi connectivity index (χ4n) is 1.95. The lowest BCUT2D eigenvalue weighted by Crippen LogP contribution is -2.42. The maximum absolute atomic E-state index is 6.40. The highest BCUT2D eigenvalue weighted by Gasteiger charge is 2.31. The molecular weight excluding hydrogens is 184 g/mol. The Hall–Kier alpha value is -1.54. The van der Waals surface area contributed by atoms with Crippen LogP contribution < -0.4 is 11.5 Å². The van der Waals surface area contributed by atoms with Crippen LogP contribution in [0.1, 0.15) is 12.5 Å². The first kappa shape index (κ1) is 9.99. The van der Waals surface area contributed by atoms with E-state index in [-0.39, 0.29) is 5.92 Å². The van der Waals surface area contributed by atoms with Gasteiger partial charge in [0.1, 0.15) is 0 Å². The van der Waals surface area contributed by atoms with Gasteiger partial charge in [0, 0.05) is 11.6 Å². The van der Waals surface area contributed by atoms with Gasteiger partial charge in [-0.3, -0.25) is 0 Å². The fourth-order valence-corrected chi connectivity index (χ4v) is 1.95. The number of hydrogen-bond donors (Lipinski definition) is 2. The average molecular weight is 200 g/mol. The normalized spacial score (nSPS) is 30.0. The number of benzene rings is 1. The molecule has 0 saturated heterocycles. The van der Waals surface area contributed by atoms with E-state index in [1.54, 1.807) is 0 Å². The molecule has 2 nitrogen and oxygen atoms in total. The van der Waals surface area contributed by atoms with Crippen LogP contribution in [0.2, 0.25) is 0 Å². The second kappa shape index (κ2) is 3.55. The van der Waals surface area contributed by atoms with Gasteiger partial charge in [-0.25, -0.2) is 0 Å². The van der Waals surface area contributed by atoms with Gasteiger partial charge in [-0.2, -0.15) is 0 Å². The summed E-state index contributed by atoms with van der Waals surface area (Å²) in [5, 5.41) is 0. The van der Waals surface area contributed by atoms with Crippen LogP contribution in [0.25, 0.3) is 0 Å². The molecule has 0 heterocycles. The smallest absolute Gasteiger partial charge is 0.0660 e. The van der Waals surface area contributed by atoms with Crippen molar-refractivity contribution in [1.29, 1.82) is 0 Å². The van der Waals surface area contributed by atoms with E-state index in [0.29, 0.717) is 0 Å². The lowest BCUT2D eigenvalue weighted by atomic mass is 9.77. The molecule has 0 aliphatic heterocycles. The molecule has 2 rings (SSSR count). The van der Waals surface area contributed by atoms with Gasteiger partial charge < -0.3 is 11.5 Å². The van der Waals surface area contributed by atoms with E-state index in [0.717, 1.165) is 11.3 Å². The van der Waals surface area contributed by atoms with Gasteiger partial charge in [0.25, 0.3) is 0 Å². The molecule has 0 aromatic heterocycles. The van der Waals surface area contributed by atoms with Gasteiger partial charge in [-0.05, 0) is 11.6 Å². The van der Waals surface area contributed by atoms with Crippen LogP contribution >= 0.6 is 0 Å². The molecule has 2 unspecified atom stereocenters. The van der Waals surface area contributed by atoms with Gasteiger partial charge in [-0.15, -0.1) is 0 Å². The summed E-state index contributed by atoms with van der Waals surface area (Å²) in [5.41, 5.74) is 13.6. The number of hydrogen-bond acceptors (Lipinski definition) is 2. The Morgan fingerprint density at radius 3 is 2.47 bits per heavy atom. The van der Waals surface area contributed by atoms with Crippen LogP contribution in [0.15, 0.2) is 54.3 Å². The summed E-state index contributed by atoms with van der Waals surface area (Å²) < 4.78 is 0. The summed E-state index contributed by atoms with van der Waals surface area (Å²) in [6, 6.07) is 10.1. The summed E-state index contributed by atoms with van der Waals surface area (Å²) >= 11 is 0. The molecule has 0 spiro atoms. The van der Waals surface area contributed by atoms with Gasteiger partial charge in [0.05, 0.1) is 5.54 Å². The molecule has 4 N–H and O–H groups in total. The lowest BCUT2D eigenvalue weighted by Gasteiger charge is -2.34. The molecule has 0 fully saturated rings. The first-order valence-electron chi connectivity index (χ1n) is 5.14. The van der Waals surface area contributed by atoms with E-state index < -0.39 is 5.54 Å². The Kier molecular flexibility index (Phi) is 2.37. The second-order valence-electron chi connectivity index (χ2n) is 4.09. The van der Waals surface area contributed by atoms with Crippen LogP contribution in [-0.4, -0.2) is 0 Å². The van der Waals surface area contributed by atoms with Crippen molar-refractivity contribution in [3.8, 4) is 0 Å². The van der Waals surface area contributed by atoms with Crippen molar-refractivity contribution < 1.29 is 0 Å². The fraction of sp³-hybridized carbons (Fsp3) is 0.231. The molecule has 2 heteroatoms. The van der Waals surface area contributed by atoms with Crippen molar-refractivity contribution in [2.24, 2.45) is 17.4 Å². The van der Waals surface area contributed by atoms with E-state index in [9.17, 15) is 0 Å². The number of allylic oxidation sites excluding steroid dienone is 1. The van der Waals surface area contributed by atoms with Crippen LogP contribution in [0.3, 0.4) is 0 Å². The maximum atomic E-state index is 6.40. The summed E-state index contributed by atoms with van der Waals surface area (Å²) in [5.74, 6) is 0.213. The standard InChI is InChI=1S/C13H16N2/c1-10-9-12(14)7-8-13(10,15)11-5-3-2-4-6-11/h2-10H,14-15H2,1H3.